The van der Waals surface area contributed by atoms with Crippen molar-refractivity contribution in [3.63, 3.8) is 0 Å². The number of aromatic nitrogens is 1. The highest BCUT2D eigenvalue weighted by Crippen LogP contribution is 2.15. The van der Waals surface area contributed by atoms with Crippen LogP contribution in [-0.2, 0) is 13.1 Å². The Bertz CT molecular complexity index is 607. The molecule has 0 aromatic carbocycles. The van der Waals surface area contributed by atoms with Gasteiger partial charge in [-0.3, -0.25) is 0 Å². The van der Waals surface area contributed by atoms with Gasteiger partial charge in [0, 0.05) is 18.8 Å². The number of nitrogens with one attached hydrogen (secondary N) is 1. The minimum absolute atomic E-state index is 0.201. The molecule has 6 heteroatoms. The van der Waals surface area contributed by atoms with E-state index in [-0.39, 0.29) is 5.56 Å². The van der Waals surface area contributed by atoms with Gasteiger partial charge in [-0.1, -0.05) is 0 Å². The van der Waals surface area contributed by atoms with Gasteiger partial charge in [0.05, 0.1) is 13.7 Å². The highest BCUT2D eigenvalue weighted by molar-refractivity contribution is 5.88. The van der Waals surface area contributed by atoms with Crippen molar-refractivity contribution >= 4 is 5.97 Å². The van der Waals surface area contributed by atoms with E-state index < -0.39 is 5.97 Å². The highest BCUT2D eigenvalue weighted by Gasteiger charge is 2.13. The Morgan fingerprint density at radius 2 is 2.25 bits per heavy atom. The number of ether oxygens (including phenoxy) is 1. The van der Waals surface area contributed by atoms with Crippen LogP contribution in [-0.4, -0.2) is 23.2 Å². The SMILES string of the molecule is COc1cc(CNCc2cc(C(=O)O)c(C)o2)ccn1. The van der Waals surface area contributed by atoms with Crippen molar-refractivity contribution in [2.45, 2.75) is 20.0 Å². The number of carboxylic acids is 1. The average molecular weight is 276 g/mol. The number of aromatic carboxylic acids is 1. The molecule has 6 nitrogen and oxygen atoms in total. The number of hydrogen-bond acceptors (Lipinski definition) is 5. The minimum atomic E-state index is -0.976. The molecule has 0 bridgehead atoms. The van der Waals surface area contributed by atoms with Crippen LogP contribution in [0.4, 0.5) is 0 Å². The van der Waals surface area contributed by atoms with Crippen LogP contribution < -0.4 is 10.1 Å². The van der Waals surface area contributed by atoms with Crippen molar-refractivity contribution in [3.8, 4) is 5.88 Å². The van der Waals surface area contributed by atoms with E-state index in [4.69, 9.17) is 14.3 Å². The van der Waals surface area contributed by atoms with E-state index in [1.54, 1.807) is 20.2 Å². The summed E-state index contributed by atoms with van der Waals surface area (Å²) >= 11 is 0. The predicted octanol–water partition coefficient (Wildman–Crippen LogP) is 1.98. The molecule has 0 aliphatic carbocycles. The monoisotopic (exact) mass is 276 g/mol. The largest absolute Gasteiger partial charge is 0.481 e. The van der Waals surface area contributed by atoms with Crippen LogP contribution in [0.15, 0.2) is 28.8 Å². The molecular weight excluding hydrogens is 260 g/mol. The van der Waals surface area contributed by atoms with Crippen molar-refractivity contribution in [2.75, 3.05) is 7.11 Å². The van der Waals surface area contributed by atoms with Gasteiger partial charge in [-0.05, 0) is 24.6 Å². The van der Waals surface area contributed by atoms with E-state index in [1.165, 1.54) is 6.07 Å². The second-order valence-corrected chi connectivity index (χ2v) is 4.30. The molecule has 2 aromatic heterocycles. The molecule has 0 saturated heterocycles. The van der Waals surface area contributed by atoms with E-state index in [0.717, 1.165) is 5.56 Å². The van der Waals surface area contributed by atoms with Crippen molar-refractivity contribution in [1.82, 2.24) is 10.3 Å². The maximum absolute atomic E-state index is 10.9. The number of aryl methyl sites for hydroxylation is 1. The van der Waals surface area contributed by atoms with Gasteiger partial charge in [-0.15, -0.1) is 0 Å². The van der Waals surface area contributed by atoms with Crippen molar-refractivity contribution in [1.29, 1.82) is 0 Å². The Balaban J connectivity index is 1.92. The summed E-state index contributed by atoms with van der Waals surface area (Å²) in [7, 11) is 1.57. The molecule has 0 aliphatic heterocycles. The number of furan rings is 1. The van der Waals surface area contributed by atoms with Crippen molar-refractivity contribution < 1.29 is 19.1 Å². The molecule has 0 amide bonds. The standard InChI is InChI=1S/C14H16N2O4/c1-9-12(14(17)18)6-11(20-9)8-15-7-10-3-4-16-13(5-10)19-2/h3-6,15H,7-8H2,1-2H3,(H,17,18). The molecule has 0 atom stereocenters. The third-order valence-electron chi connectivity index (χ3n) is 2.84. The van der Waals surface area contributed by atoms with E-state index in [2.05, 4.69) is 10.3 Å². The molecule has 2 rings (SSSR count). The fourth-order valence-corrected chi connectivity index (χ4v) is 1.85. The first-order valence-corrected chi connectivity index (χ1v) is 6.12. The predicted molar refractivity (Wildman–Crippen MR) is 71.7 cm³/mol. The Morgan fingerprint density at radius 3 is 2.90 bits per heavy atom. The van der Waals surface area contributed by atoms with Gasteiger partial charge in [0.1, 0.15) is 17.1 Å². The summed E-state index contributed by atoms with van der Waals surface area (Å²) < 4.78 is 10.4. The summed E-state index contributed by atoms with van der Waals surface area (Å²) in [5.41, 5.74) is 1.23. The lowest BCUT2D eigenvalue weighted by atomic mass is 10.2. The second kappa shape index (κ2) is 6.21. The van der Waals surface area contributed by atoms with E-state index in [0.29, 0.717) is 30.5 Å². The lowest BCUT2D eigenvalue weighted by Gasteiger charge is -2.04. The zero-order chi connectivity index (χ0) is 14.5. The lowest BCUT2D eigenvalue weighted by molar-refractivity contribution is 0.0695. The Morgan fingerprint density at radius 1 is 1.45 bits per heavy atom. The van der Waals surface area contributed by atoms with Gasteiger partial charge in [-0.2, -0.15) is 0 Å². The minimum Gasteiger partial charge on any atom is -0.481 e. The lowest BCUT2D eigenvalue weighted by Crippen LogP contribution is -2.12. The highest BCUT2D eigenvalue weighted by atomic mass is 16.5. The third-order valence-corrected chi connectivity index (χ3v) is 2.84. The number of nitrogens with zero attached hydrogens (tertiary/aromatic N) is 1. The topological polar surface area (TPSA) is 84.6 Å². The molecule has 2 heterocycles. The zero-order valence-corrected chi connectivity index (χ0v) is 11.3. The van der Waals surface area contributed by atoms with Crippen LogP contribution in [0.3, 0.4) is 0 Å². The van der Waals surface area contributed by atoms with Crippen LogP contribution in [0.25, 0.3) is 0 Å². The molecule has 0 aliphatic rings. The van der Waals surface area contributed by atoms with Crippen LogP contribution >= 0.6 is 0 Å². The molecule has 0 fully saturated rings. The Hall–Kier alpha value is -2.34. The van der Waals surface area contributed by atoms with E-state index >= 15 is 0 Å². The molecule has 2 aromatic rings. The maximum atomic E-state index is 10.9. The quantitative estimate of drug-likeness (QED) is 0.839. The molecule has 106 valence electrons. The number of hydrogen-bond donors (Lipinski definition) is 2. The number of carbonyl (C=O) groups is 1. The van der Waals surface area contributed by atoms with Gasteiger partial charge in [0.25, 0.3) is 0 Å². The molecule has 0 spiro atoms. The maximum Gasteiger partial charge on any atom is 0.339 e. The van der Waals surface area contributed by atoms with Crippen LogP contribution in [0.2, 0.25) is 0 Å². The number of pyridine rings is 1. The number of carboxylic acid groups (broad SMARTS) is 1. The van der Waals surface area contributed by atoms with E-state index in [9.17, 15) is 4.79 Å². The van der Waals surface area contributed by atoms with Crippen LogP contribution in [0.1, 0.15) is 27.4 Å². The second-order valence-electron chi connectivity index (χ2n) is 4.30. The summed E-state index contributed by atoms with van der Waals surface area (Å²) in [5.74, 6) is 0.600. The normalized spacial score (nSPS) is 10.5. The smallest absolute Gasteiger partial charge is 0.339 e. The summed E-state index contributed by atoms with van der Waals surface area (Å²) in [6, 6.07) is 5.26. The molecule has 0 radical (unpaired) electrons. The molecule has 20 heavy (non-hydrogen) atoms. The molecule has 0 unspecified atom stereocenters. The van der Waals surface area contributed by atoms with Gasteiger partial charge < -0.3 is 19.6 Å². The fraction of sp³-hybridized carbons (Fsp3) is 0.286. The summed E-state index contributed by atoms with van der Waals surface area (Å²) in [6.45, 7) is 2.71. The summed E-state index contributed by atoms with van der Waals surface area (Å²) in [4.78, 5) is 14.9. The zero-order valence-electron chi connectivity index (χ0n) is 11.3. The van der Waals surface area contributed by atoms with Crippen molar-refractivity contribution in [3.05, 3.63) is 47.0 Å². The first-order valence-electron chi connectivity index (χ1n) is 6.12. The molecule has 0 saturated carbocycles. The molecule has 2 N–H and O–H groups in total. The Kier molecular flexibility index (Phi) is 4.37. The number of methoxy groups -OCH3 is 1. The van der Waals surface area contributed by atoms with Crippen molar-refractivity contribution in [2.24, 2.45) is 0 Å². The third kappa shape index (κ3) is 3.36. The summed E-state index contributed by atoms with van der Waals surface area (Å²) in [5, 5.41) is 12.1. The van der Waals surface area contributed by atoms with Gasteiger partial charge in [-0.25, -0.2) is 9.78 Å². The van der Waals surface area contributed by atoms with E-state index in [1.807, 2.05) is 12.1 Å². The first-order chi connectivity index (χ1) is 9.60. The first kappa shape index (κ1) is 14.1. The van der Waals surface area contributed by atoms with Gasteiger partial charge in [0.15, 0.2) is 0 Å². The molecular formula is C14H16N2O4. The van der Waals surface area contributed by atoms with Crippen LogP contribution in [0, 0.1) is 6.92 Å². The van der Waals surface area contributed by atoms with Crippen LogP contribution in [0.5, 0.6) is 5.88 Å². The fourth-order valence-electron chi connectivity index (χ4n) is 1.85. The average Bonchev–Trinajstić information content (AvgIpc) is 2.80. The van der Waals surface area contributed by atoms with Gasteiger partial charge >= 0.3 is 5.97 Å². The number of rotatable bonds is 6. The Labute approximate surface area is 116 Å². The summed E-state index contributed by atoms with van der Waals surface area (Å²) in [6.07, 6.45) is 1.68. The van der Waals surface area contributed by atoms with Gasteiger partial charge in [0.2, 0.25) is 5.88 Å².